The van der Waals surface area contributed by atoms with E-state index >= 15 is 0 Å². The predicted octanol–water partition coefficient (Wildman–Crippen LogP) is 4.66. The van der Waals surface area contributed by atoms with Crippen molar-refractivity contribution >= 4 is 11.6 Å². The second-order valence-electron chi connectivity index (χ2n) is 6.27. The molecule has 0 aliphatic heterocycles. The van der Waals surface area contributed by atoms with Crippen LogP contribution in [-0.2, 0) is 13.0 Å². The number of benzene rings is 3. The molecule has 140 valence electrons. The van der Waals surface area contributed by atoms with Crippen LogP contribution >= 0.6 is 0 Å². The zero-order chi connectivity index (χ0) is 19.6. The van der Waals surface area contributed by atoms with E-state index in [9.17, 15) is 9.90 Å². The van der Waals surface area contributed by atoms with E-state index in [-0.39, 0.29) is 5.91 Å². The third-order valence-corrected chi connectivity index (χ3v) is 4.14. The largest absolute Gasteiger partial charge is 0.508 e. The summed E-state index contributed by atoms with van der Waals surface area (Å²) in [7, 11) is 0. The molecule has 0 fully saturated rings. The average Bonchev–Trinajstić information content (AvgIpc) is 2.68. The number of aryl methyl sites for hydroxylation is 2. The fraction of sp³-hybridized carbons (Fsp3) is 0.174. The van der Waals surface area contributed by atoms with Gasteiger partial charge in [-0.25, -0.2) is 0 Å². The normalized spacial score (nSPS) is 9.85. The van der Waals surface area contributed by atoms with Crippen molar-refractivity contribution < 1.29 is 9.90 Å². The minimum atomic E-state index is -0.375. The molecular formula is C23H26N2O2. The first-order valence-corrected chi connectivity index (χ1v) is 8.95. The number of rotatable bonds is 5. The lowest BCUT2D eigenvalue weighted by Crippen LogP contribution is -2.10. The van der Waals surface area contributed by atoms with Crippen molar-refractivity contribution in [2.24, 2.45) is 5.73 Å². The molecule has 0 unspecified atom stereocenters. The van der Waals surface area contributed by atoms with Crippen molar-refractivity contribution in [2.45, 2.75) is 26.8 Å². The predicted molar refractivity (Wildman–Crippen MR) is 111 cm³/mol. The smallest absolute Gasteiger partial charge is 0.248 e. The highest BCUT2D eigenvalue weighted by molar-refractivity contribution is 5.92. The number of nitrogens with one attached hydrogen (secondary N) is 1. The highest BCUT2D eigenvalue weighted by atomic mass is 16.3. The molecule has 27 heavy (non-hydrogen) atoms. The van der Waals surface area contributed by atoms with E-state index < -0.39 is 0 Å². The zero-order valence-corrected chi connectivity index (χ0v) is 15.8. The van der Waals surface area contributed by atoms with E-state index in [0.29, 0.717) is 11.3 Å². The van der Waals surface area contributed by atoms with E-state index in [1.165, 1.54) is 5.56 Å². The van der Waals surface area contributed by atoms with Crippen LogP contribution in [0.25, 0.3) is 0 Å². The number of aromatic hydroxyl groups is 1. The first-order chi connectivity index (χ1) is 13.0. The number of primary amides is 1. The molecule has 3 aromatic rings. The Hall–Kier alpha value is -3.27. The minimum Gasteiger partial charge on any atom is -0.508 e. The van der Waals surface area contributed by atoms with E-state index in [4.69, 9.17) is 5.73 Å². The Bertz CT molecular complexity index is 859. The summed E-state index contributed by atoms with van der Waals surface area (Å²) in [5.41, 5.74) is 9.87. The molecule has 0 atom stereocenters. The Morgan fingerprint density at radius 1 is 1.00 bits per heavy atom. The molecule has 0 bridgehead atoms. The van der Waals surface area contributed by atoms with Crippen LogP contribution in [-0.4, -0.2) is 11.0 Å². The van der Waals surface area contributed by atoms with E-state index in [0.717, 1.165) is 29.8 Å². The summed E-state index contributed by atoms with van der Waals surface area (Å²) in [6.07, 6.45) is 0.852. The highest BCUT2D eigenvalue weighted by Gasteiger charge is 2.00. The molecule has 4 nitrogen and oxygen atoms in total. The Morgan fingerprint density at radius 2 is 1.67 bits per heavy atom. The number of nitrogens with two attached hydrogens (primary N) is 1. The molecule has 0 heterocycles. The number of phenols is 1. The van der Waals surface area contributed by atoms with Gasteiger partial charge in [-0.2, -0.15) is 0 Å². The van der Waals surface area contributed by atoms with Crippen LogP contribution in [0.2, 0.25) is 0 Å². The maximum atomic E-state index is 10.5. The molecule has 0 radical (unpaired) electrons. The van der Waals surface area contributed by atoms with Gasteiger partial charge in [-0.1, -0.05) is 61.0 Å². The van der Waals surface area contributed by atoms with Crippen LogP contribution in [0, 0.1) is 6.92 Å². The molecule has 0 saturated carbocycles. The fourth-order valence-electron chi connectivity index (χ4n) is 2.49. The SMILES string of the molecule is CCc1ccc(NCc2ccccc2)cc1O.Cc1ccc(C(N)=O)cc1. The summed E-state index contributed by atoms with van der Waals surface area (Å²) in [5.74, 6) is -0.00874. The van der Waals surface area contributed by atoms with Crippen molar-refractivity contribution in [1.82, 2.24) is 0 Å². The standard InChI is InChI=1S/C15H17NO.C8H9NO/c1-2-13-8-9-14(10-15(13)17)16-11-12-6-4-3-5-7-12;1-6-2-4-7(5-3-6)8(9)10/h3-10,16-17H,2,11H2,1H3;2-5H,1H3,(H2,9,10). The van der Waals surface area contributed by atoms with Crippen molar-refractivity contribution in [2.75, 3.05) is 5.32 Å². The number of phenolic OH excluding ortho intramolecular Hbond substituents is 1. The number of hydrogen-bond donors (Lipinski definition) is 3. The molecule has 3 aromatic carbocycles. The van der Waals surface area contributed by atoms with Crippen LogP contribution in [0.3, 0.4) is 0 Å². The van der Waals surface area contributed by atoms with Gasteiger partial charge in [0.25, 0.3) is 0 Å². The third kappa shape index (κ3) is 6.51. The van der Waals surface area contributed by atoms with Crippen molar-refractivity contribution in [1.29, 1.82) is 0 Å². The number of amides is 1. The topological polar surface area (TPSA) is 75.3 Å². The van der Waals surface area contributed by atoms with Gasteiger partial charge in [0.15, 0.2) is 0 Å². The lowest BCUT2D eigenvalue weighted by molar-refractivity contribution is 0.100. The molecule has 4 heteroatoms. The summed E-state index contributed by atoms with van der Waals surface area (Å²) in [4.78, 5) is 10.5. The molecule has 4 N–H and O–H groups in total. The maximum Gasteiger partial charge on any atom is 0.248 e. The highest BCUT2D eigenvalue weighted by Crippen LogP contribution is 2.22. The lowest BCUT2D eigenvalue weighted by Gasteiger charge is -2.08. The molecule has 0 aliphatic rings. The molecular weight excluding hydrogens is 336 g/mol. The number of hydrogen-bond acceptors (Lipinski definition) is 3. The second-order valence-corrected chi connectivity index (χ2v) is 6.27. The van der Waals surface area contributed by atoms with Gasteiger partial charge in [0.1, 0.15) is 5.75 Å². The molecule has 0 aromatic heterocycles. The summed E-state index contributed by atoms with van der Waals surface area (Å²) in [6, 6.07) is 23.1. The van der Waals surface area contributed by atoms with Gasteiger partial charge in [0.05, 0.1) is 0 Å². The van der Waals surface area contributed by atoms with E-state index in [1.54, 1.807) is 18.2 Å². The average molecular weight is 362 g/mol. The van der Waals surface area contributed by atoms with Crippen LogP contribution in [0.4, 0.5) is 5.69 Å². The van der Waals surface area contributed by atoms with Crippen LogP contribution < -0.4 is 11.1 Å². The Morgan fingerprint density at radius 3 is 2.22 bits per heavy atom. The molecule has 3 rings (SSSR count). The maximum absolute atomic E-state index is 10.5. The van der Waals surface area contributed by atoms with Gasteiger partial charge < -0.3 is 16.2 Å². The Kier molecular flexibility index (Phi) is 7.44. The van der Waals surface area contributed by atoms with Gasteiger partial charge in [-0.3, -0.25) is 4.79 Å². The fourth-order valence-corrected chi connectivity index (χ4v) is 2.49. The van der Waals surface area contributed by atoms with Crippen molar-refractivity contribution in [3.05, 3.63) is 95.1 Å². The first-order valence-electron chi connectivity index (χ1n) is 8.95. The van der Waals surface area contributed by atoms with Gasteiger partial charge in [0.2, 0.25) is 5.91 Å². The monoisotopic (exact) mass is 362 g/mol. The van der Waals surface area contributed by atoms with Gasteiger partial charge in [-0.15, -0.1) is 0 Å². The summed E-state index contributed by atoms with van der Waals surface area (Å²) in [6.45, 7) is 4.77. The Labute approximate surface area is 160 Å². The molecule has 0 spiro atoms. The first kappa shape index (κ1) is 20.0. The van der Waals surface area contributed by atoms with Crippen LogP contribution in [0.15, 0.2) is 72.8 Å². The summed E-state index contributed by atoms with van der Waals surface area (Å²) < 4.78 is 0. The third-order valence-electron chi connectivity index (χ3n) is 4.14. The number of anilines is 1. The van der Waals surface area contributed by atoms with Crippen molar-refractivity contribution in [3.63, 3.8) is 0 Å². The minimum absolute atomic E-state index is 0.366. The number of carbonyl (C=O) groups excluding carboxylic acids is 1. The zero-order valence-electron chi connectivity index (χ0n) is 15.8. The van der Waals surface area contributed by atoms with Crippen molar-refractivity contribution in [3.8, 4) is 5.75 Å². The van der Waals surface area contributed by atoms with Crippen LogP contribution in [0.1, 0.15) is 34.0 Å². The number of carbonyl (C=O) groups is 1. The summed E-state index contributed by atoms with van der Waals surface area (Å²) in [5, 5.41) is 13.0. The molecule has 1 amide bonds. The van der Waals surface area contributed by atoms with E-state index in [1.807, 2.05) is 56.3 Å². The van der Waals surface area contributed by atoms with Crippen LogP contribution in [0.5, 0.6) is 5.75 Å². The van der Waals surface area contributed by atoms with Gasteiger partial charge in [0, 0.05) is 23.9 Å². The quantitative estimate of drug-likeness (QED) is 0.618. The lowest BCUT2D eigenvalue weighted by atomic mass is 10.1. The molecule has 0 saturated heterocycles. The van der Waals surface area contributed by atoms with E-state index in [2.05, 4.69) is 17.4 Å². The van der Waals surface area contributed by atoms with Gasteiger partial charge >= 0.3 is 0 Å². The molecule has 0 aliphatic carbocycles. The van der Waals surface area contributed by atoms with Gasteiger partial charge in [-0.05, 0) is 42.7 Å². The second kappa shape index (κ2) is 10.0. The summed E-state index contributed by atoms with van der Waals surface area (Å²) >= 11 is 0. The Balaban J connectivity index is 0.000000223.